The monoisotopic (exact) mass is 543 g/mol. The average molecular weight is 543 g/mol. The van der Waals surface area contributed by atoms with Crippen molar-refractivity contribution in [3.63, 3.8) is 0 Å². The molecule has 7 nitrogen and oxygen atoms in total. The van der Waals surface area contributed by atoms with E-state index in [0.29, 0.717) is 0 Å². The average Bonchev–Trinajstić information content (AvgIpc) is 2.70. The van der Waals surface area contributed by atoms with Gasteiger partial charge in [-0.2, -0.15) is 0 Å². The van der Waals surface area contributed by atoms with Gasteiger partial charge in [0.1, 0.15) is 11.4 Å². The van der Waals surface area contributed by atoms with Crippen LogP contribution in [-0.2, 0) is 4.79 Å². The van der Waals surface area contributed by atoms with Crippen molar-refractivity contribution in [3.05, 3.63) is 29.8 Å². The number of benzene rings is 1. The molecule has 2 heterocycles. The number of nitrogens with one attached hydrogen (secondary N) is 2. The zero-order valence-corrected chi connectivity index (χ0v) is 21.4. The molecule has 2 atom stereocenters. The summed E-state index contributed by atoms with van der Waals surface area (Å²) in [4.78, 5) is 18.6. The number of amides is 1. The number of fused-ring (bicyclic) bond motifs is 1. The van der Waals surface area contributed by atoms with Gasteiger partial charge >= 0.3 is 0 Å². The molecule has 1 amide bonds. The van der Waals surface area contributed by atoms with Crippen LogP contribution in [0, 0.1) is 5.92 Å². The molecule has 1 fully saturated rings. The molecule has 0 radical (unpaired) electrons. The first-order valence-electron chi connectivity index (χ1n) is 11.2. The number of piperidine rings is 1. The first-order valence-corrected chi connectivity index (χ1v) is 11.2. The molecule has 31 heavy (non-hydrogen) atoms. The third kappa shape index (κ3) is 7.52. The van der Waals surface area contributed by atoms with Gasteiger partial charge in [-0.1, -0.05) is 18.2 Å². The van der Waals surface area contributed by atoms with Crippen LogP contribution >= 0.6 is 24.0 Å². The maximum absolute atomic E-state index is 11.5. The Kier molecular flexibility index (Phi) is 9.87. The summed E-state index contributed by atoms with van der Waals surface area (Å²) < 4.78 is 6.14. The molecular weight excluding hydrogens is 505 g/mol. The van der Waals surface area contributed by atoms with Crippen LogP contribution in [0.5, 0.6) is 5.75 Å². The van der Waals surface area contributed by atoms with Crippen molar-refractivity contribution in [1.29, 1.82) is 0 Å². The first kappa shape index (κ1) is 25.7. The highest BCUT2D eigenvalue weighted by molar-refractivity contribution is 14.0. The van der Waals surface area contributed by atoms with Crippen LogP contribution in [0.4, 0.5) is 0 Å². The Bertz CT molecular complexity index is 755. The number of nitrogens with two attached hydrogens (primary N) is 1. The summed E-state index contributed by atoms with van der Waals surface area (Å²) in [6, 6.07) is 8.38. The van der Waals surface area contributed by atoms with E-state index in [1.54, 1.807) is 0 Å². The Balaban J connectivity index is 0.00000341. The number of hydrogen-bond acceptors (Lipinski definition) is 4. The van der Waals surface area contributed by atoms with Gasteiger partial charge in [0, 0.05) is 31.6 Å². The van der Waals surface area contributed by atoms with E-state index in [0.717, 1.165) is 70.1 Å². The lowest BCUT2D eigenvalue weighted by molar-refractivity contribution is -0.123. The van der Waals surface area contributed by atoms with Gasteiger partial charge in [-0.05, 0) is 59.2 Å². The normalized spacial score (nSPS) is 23.1. The number of carbonyl (C=O) groups excluding carboxylic acids is 1. The molecule has 0 bridgehead atoms. The molecule has 2 aliphatic rings. The fraction of sp³-hybridized carbons (Fsp3) is 0.652. The Morgan fingerprint density at radius 1 is 1.35 bits per heavy atom. The molecule has 0 saturated carbocycles. The molecule has 174 valence electrons. The standard InChI is InChI=1S/C23H37N5O2.HI/c1-4-25-22(26-12-8-14-28-13-7-9-17(16-28)21(24)29)27-19-15-23(2,3)30-20-11-6-5-10-18(19)20;/h5-6,10-11,17,19H,4,7-9,12-16H2,1-3H3,(H2,24,29)(H2,25,26,27);1H. The number of para-hydroxylation sites is 1. The SMILES string of the molecule is CCNC(=NCCCN1CCCC(C(N)=O)C1)NC1CC(C)(C)Oc2ccccc21.I. The number of aliphatic imine (C=N–C) groups is 1. The highest BCUT2D eigenvalue weighted by Gasteiger charge is 2.34. The van der Waals surface area contributed by atoms with Crippen molar-refractivity contribution in [2.24, 2.45) is 16.6 Å². The van der Waals surface area contributed by atoms with Crippen molar-refractivity contribution in [1.82, 2.24) is 15.5 Å². The Morgan fingerprint density at radius 2 is 2.13 bits per heavy atom. The number of halogens is 1. The summed E-state index contributed by atoms with van der Waals surface area (Å²) in [5.74, 6) is 1.61. The largest absolute Gasteiger partial charge is 0.487 e. The Hall–Kier alpha value is -1.55. The number of rotatable bonds is 7. The Morgan fingerprint density at radius 3 is 2.87 bits per heavy atom. The van der Waals surface area contributed by atoms with Gasteiger partial charge in [-0.15, -0.1) is 24.0 Å². The molecule has 4 N–H and O–H groups in total. The molecule has 2 aliphatic heterocycles. The number of guanidine groups is 1. The molecule has 1 aromatic carbocycles. The van der Waals surface area contributed by atoms with E-state index >= 15 is 0 Å². The summed E-state index contributed by atoms with van der Waals surface area (Å²) in [6.45, 7) is 10.6. The highest BCUT2D eigenvalue weighted by Crippen LogP contribution is 2.39. The summed E-state index contributed by atoms with van der Waals surface area (Å²) >= 11 is 0. The van der Waals surface area contributed by atoms with Gasteiger partial charge in [0.05, 0.1) is 12.0 Å². The fourth-order valence-electron chi connectivity index (χ4n) is 4.39. The Labute approximate surface area is 203 Å². The van der Waals surface area contributed by atoms with Gasteiger partial charge in [0.15, 0.2) is 5.96 Å². The first-order chi connectivity index (χ1) is 14.4. The van der Waals surface area contributed by atoms with Crippen molar-refractivity contribution in [3.8, 4) is 5.75 Å². The topological polar surface area (TPSA) is 92.0 Å². The lowest BCUT2D eigenvalue weighted by Crippen LogP contribution is -2.45. The number of nitrogens with zero attached hydrogens (tertiary/aromatic N) is 2. The second kappa shape index (κ2) is 11.9. The van der Waals surface area contributed by atoms with Gasteiger partial charge in [-0.25, -0.2) is 0 Å². The smallest absolute Gasteiger partial charge is 0.221 e. The lowest BCUT2D eigenvalue weighted by Gasteiger charge is -2.38. The zero-order valence-electron chi connectivity index (χ0n) is 19.0. The summed E-state index contributed by atoms with van der Waals surface area (Å²) in [6.07, 6.45) is 3.79. The second-order valence-electron chi connectivity index (χ2n) is 8.96. The van der Waals surface area contributed by atoms with E-state index in [9.17, 15) is 4.79 Å². The number of likely N-dealkylation sites (tertiary alicyclic amines) is 1. The molecule has 8 heteroatoms. The van der Waals surface area contributed by atoms with Gasteiger partial charge in [-0.3, -0.25) is 9.79 Å². The van der Waals surface area contributed by atoms with Crippen molar-refractivity contribution >= 4 is 35.8 Å². The fourth-order valence-corrected chi connectivity index (χ4v) is 4.39. The maximum Gasteiger partial charge on any atom is 0.221 e. The van der Waals surface area contributed by atoms with Gasteiger partial charge in [0.2, 0.25) is 5.91 Å². The minimum Gasteiger partial charge on any atom is -0.487 e. The molecule has 2 unspecified atom stereocenters. The molecule has 0 aliphatic carbocycles. The predicted molar refractivity (Wildman–Crippen MR) is 136 cm³/mol. The second-order valence-corrected chi connectivity index (χ2v) is 8.96. The lowest BCUT2D eigenvalue weighted by atomic mass is 9.90. The van der Waals surface area contributed by atoms with Crippen LogP contribution in [0.3, 0.4) is 0 Å². The van der Waals surface area contributed by atoms with Crippen LogP contribution in [0.15, 0.2) is 29.3 Å². The van der Waals surface area contributed by atoms with Crippen molar-refractivity contribution in [2.45, 2.75) is 58.1 Å². The van der Waals surface area contributed by atoms with E-state index in [2.05, 4.69) is 48.4 Å². The van der Waals surface area contributed by atoms with E-state index in [4.69, 9.17) is 15.5 Å². The molecule has 3 rings (SSSR count). The minimum atomic E-state index is -0.228. The number of hydrogen-bond donors (Lipinski definition) is 3. The quantitative estimate of drug-likeness (QED) is 0.213. The van der Waals surface area contributed by atoms with E-state index in [-0.39, 0.29) is 47.4 Å². The predicted octanol–water partition coefficient (Wildman–Crippen LogP) is 3.05. The van der Waals surface area contributed by atoms with Crippen molar-refractivity contribution < 1.29 is 9.53 Å². The number of carbonyl (C=O) groups is 1. The van der Waals surface area contributed by atoms with Crippen LogP contribution in [0.1, 0.15) is 58.1 Å². The number of primary amides is 1. The molecule has 0 aromatic heterocycles. The third-order valence-electron chi connectivity index (χ3n) is 5.84. The number of ether oxygens (including phenoxy) is 1. The summed E-state index contributed by atoms with van der Waals surface area (Å²) in [5, 5.41) is 6.99. The zero-order chi connectivity index (χ0) is 21.6. The molecule has 1 aromatic rings. The minimum absolute atomic E-state index is 0. The molecular formula is C23H38IN5O2. The third-order valence-corrected chi connectivity index (χ3v) is 5.84. The summed E-state index contributed by atoms with van der Waals surface area (Å²) in [7, 11) is 0. The van der Waals surface area contributed by atoms with E-state index in [1.165, 1.54) is 5.56 Å². The van der Waals surface area contributed by atoms with E-state index in [1.807, 2.05) is 12.1 Å². The van der Waals surface area contributed by atoms with Gasteiger partial charge < -0.3 is 26.0 Å². The van der Waals surface area contributed by atoms with Crippen LogP contribution in [0.2, 0.25) is 0 Å². The van der Waals surface area contributed by atoms with Crippen LogP contribution in [0.25, 0.3) is 0 Å². The molecule has 1 saturated heterocycles. The van der Waals surface area contributed by atoms with Crippen LogP contribution < -0.4 is 21.1 Å². The van der Waals surface area contributed by atoms with Crippen molar-refractivity contribution in [2.75, 3.05) is 32.7 Å². The molecule has 0 spiro atoms. The van der Waals surface area contributed by atoms with E-state index < -0.39 is 0 Å². The summed E-state index contributed by atoms with van der Waals surface area (Å²) in [5.41, 5.74) is 6.43. The van der Waals surface area contributed by atoms with Crippen LogP contribution in [-0.4, -0.2) is 55.1 Å². The maximum atomic E-state index is 11.5. The van der Waals surface area contributed by atoms with Gasteiger partial charge in [0.25, 0.3) is 0 Å². The highest BCUT2D eigenvalue weighted by atomic mass is 127.